The highest BCUT2D eigenvalue weighted by Crippen LogP contribution is 1.70. The van der Waals surface area contributed by atoms with Gasteiger partial charge in [0.25, 0.3) is 0 Å². The van der Waals surface area contributed by atoms with Crippen LogP contribution < -0.4 is 0 Å². The van der Waals surface area contributed by atoms with Crippen LogP contribution >= 0.6 is 0 Å². The third-order valence-corrected chi connectivity index (χ3v) is 0.586. The summed E-state index contributed by atoms with van der Waals surface area (Å²) in [5.74, 6) is 0. The van der Waals surface area contributed by atoms with Crippen LogP contribution in [0.1, 0.15) is 0 Å². The Morgan fingerprint density at radius 3 is 2.43 bits per heavy atom. The molecule has 0 radical (unpaired) electrons. The number of nitrogens with zero attached hydrogens (tertiary/aromatic N) is 2. The Labute approximate surface area is 44.2 Å². The first-order chi connectivity index (χ1) is 3.31. The Kier molecular flexibility index (Phi) is 3.02. The van der Waals surface area contributed by atoms with Gasteiger partial charge in [0.1, 0.15) is 0 Å². The fourth-order valence-corrected chi connectivity index (χ4v) is 0.229. The van der Waals surface area contributed by atoms with Crippen molar-refractivity contribution in [2.24, 2.45) is 4.99 Å². The maximum atomic E-state index is 3.74. The molecule has 0 atom stereocenters. The minimum absolute atomic E-state index is 1.69. The molecule has 0 saturated heterocycles. The van der Waals surface area contributed by atoms with E-state index >= 15 is 0 Å². The first kappa shape index (κ1) is 6.21. The zero-order chi connectivity index (χ0) is 5.70. The molecule has 0 amide bonds. The van der Waals surface area contributed by atoms with Crippen LogP contribution in [0, 0.1) is 0 Å². The van der Waals surface area contributed by atoms with Gasteiger partial charge in [-0.05, 0) is 6.20 Å². The van der Waals surface area contributed by atoms with Gasteiger partial charge in [-0.2, -0.15) is 0 Å². The average molecular weight is 98.1 g/mol. The van der Waals surface area contributed by atoms with Crippen molar-refractivity contribution in [1.29, 1.82) is 0 Å². The van der Waals surface area contributed by atoms with E-state index in [4.69, 9.17) is 0 Å². The van der Waals surface area contributed by atoms with Gasteiger partial charge in [0, 0.05) is 14.1 Å². The van der Waals surface area contributed by atoms with E-state index < -0.39 is 0 Å². The monoisotopic (exact) mass is 98.1 g/mol. The highest BCUT2D eigenvalue weighted by molar-refractivity contribution is 5.55. The van der Waals surface area contributed by atoms with Crippen molar-refractivity contribution in [2.45, 2.75) is 0 Å². The van der Waals surface area contributed by atoms with Crippen molar-refractivity contribution in [3.05, 3.63) is 12.8 Å². The molecule has 2 heteroatoms. The van der Waals surface area contributed by atoms with Gasteiger partial charge in [0.2, 0.25) is 0 Å². The minimum Gasteiger partial charge on any atom is -0.343 e. The van der Waals surface area contributed by atoms with Crippen molar-refractivity contribution in [3.63, 3.8) is 0 Å². The molecule has 0 bridgehead atoms. The second-order valence-corrected chi connectivity index (χ2v) is 1.22. The molecular formula is C5H10N2. The third kappa shape index (κ3) is 3.03. The Morgan fingerprint density at radius 2 is 2.29 bits per heavy atom. The van der Waals surface area contributed by atoms with Gasteiger partial charge >= 0.3 is 0 Å². The molecule has 0 heterocycles. The zero-order valence-corrected chi connectivity index (χ0v) is 4.76. The summed E-state index contributed by atoms with van der Waals surface area (Å²) < 4.78 is 0. The molecule has 2 nitrogen and oxygen atoms in total. The quantitative estimate of drug-likeness (QED) is 0.367. The van der Waals surface area contributed by atoms with Crippen molar-refractivity contribution in [2.75, 3.05) is 14.1 Å². The highest BCUT2D eigenvalue weighted by atomic mass is 15.1. The molecular weight excluding hydrogens is 88.1 g/mol. The maximum absolute atomic E-state index is 3.74. The van der Waals surface area contributed by atoms with E-state index in [1.165, 1.54) is 0 Å². The van der Waals surface area contributed by atoms with E-state index in [0.29, 0.717) is 0 Å². The van der Waals surface area contributed by atoms with Crippen molar-refractivity contribution < 1.29 is 0 Å². The lowest BCUT2D eigenvalue weighted by Crippen LogP contribution is -2.05. The van der Waals surface area contributed by atoms with Gasteiger partial charge in [-0.1, -0.05) is 6.58 Å². The highest BCUT2D eigenvalue weighted by Gasteiger charge is 1.72. The summed E-state index contributed by atoms with van der Waals surface area (Å²) in [5, 5.41) is 0. The maximum Gasteiger partial charge on any atom is 0.0883 e. The lowest BCUT2D eigenvalue weighted by Gasteiger charge is -2.00. The van der Waals surface area contributed by atoms with Crippen molar-refractivity contribution in [3.8, 4) is 0 Å². The second-order valence-electron chi connectivity index (χ2n) is 1.22. The molecule has 0 saturated carbocycles. The van der Waals surface area contributed by atoms with Gasteiger partial charge in [-0.25, -0.2) is 0 Å². The van der Waals surface area contributed by atoms with E-state index in [1.807, 2.05) is 7.05 Å². The molecule has 7 heavy (non-hydrogen) atoms. The Balaban J connectivity index is 3.35. The van der Waals surface area contributed by atoms with Crippen molar-refractivity contribution >= 4 is 6.34 Å². The molecule has 0 aliphatic carbocycles. The van der Waals surface area contributed by atoms with Gasteiger partial charge in [0.05, 0.1) is 6.34 Å². The fourth-order valence-electron chi connectivity index (χ4n) is 0.229. The van der Waals surface area contributed by atoms with Crippen LogP contribution in [0.15, 0.2) is 17.8 Å². The molecule has 0 aromatic carbocycles. The normalized spacial score (nSPS) is 9.43. The number of rotatable bonds is 2. The van der Waals surface area contributed by atoms with E-state index in [0.717, 1.165) is 0 Å². The van der Waals surface area contributed by atoms with Gasteiger partial charge in [0.15, 0.2) is 0 Å². The molecule has 0 spiro atoms. The van der Waals surface area contributed by atoms with Crippen LogP contribution in [0.2, 0.25) is 0 Å². The number of hydrogen-bond acceptors (Lipinski definition) is 1. The van der Waals surface area contributed by atoms with E-state index in [1.54, 1.807) is 24.5 Å². The van der Waals surface area contributed by atoms with Crippen LogP contribution in [-0.2, 0) is 0 Å². The lowest BCUT2D eigenvalue weighted by atomic mass is 10.8. The first-order valence-corrected chi connectivity index (χ1v) is 2.08. The molecule has 0 aliphatic heterocycles. The summed E-state index contributed by atoms with van der Waals surface area (Å²) in [5.41, 5.74) is 0. The molecule has 0 aromatic rings. The third-order valence-electron chi connectivity index (χ3n) is 0.586. The Morgan fingerprint density at radius 1 is 1.71 bits per heavy atom. The Bertz CT molecular complexity index is 76.1. The van der Waals surface area contributed by atoms with E-state index in [9.17, 15) is 0 Å². The topological polar surface area (TPSA) is 15.6 Å². The predicted octanol–water partition coefficient (Wildman–Crippen LogP) is 0.720. The zero-order valence-electron chi connectivity index (χ0n) is 4.76. The SMILES string of the molecule is C=CN(C)/C=N/C. The van der Waals surface area contributed by atoms with Crippen molar-refractivity contribution in [1.82, 2.24) is 4.90 Å². The number of hydrogen-bond donors (Lipinski definition) is 0. The van der Waals surface area contributed by atoms with Crippen LogP contribution in [0.4, 0.5) is 0 Å². The summed E-state index contributed by atoms with van der Waals surface area (Å²) in [7, 11) is 3.60. The minimum atomic E-state index is 1.69. The lowest BCUT2D eigenvalue weighted by molar-refractivity contribution is 0.712. The van der Waals surface area contributed by atoms with E-state index in [-0.39, 0.29) is 0 Å². The van der Waals surface area contributed by atoms with Gasteiger partial charge < -0.3 is 4.90 Å². The van der Waals surface area contributed by atoms with Crippen LogP contribution in [0.3, 0.4) is 0 Å². The average Bonchev–Trinajstić information content (AvgIpc) is 1.68. The molecule has 0 fully saturated rings. The first-order valence-electron chi connectivity index (χ1n) is 2.08. The summed E-state index contributed by atoms with van der Waals surface area (Å²) in [6.45, 7) is 3.51. The standard InChI is InChI=1S/C5H10N2/c1-4-7(3)5-6-2/h4-5H,1H2,2-3H3/b6-5+. The van der Waals surface area contributed by atoms with E-state index in [2.05, 4.69) is 11.6 Å². The van der Waals surface area contributed by atoms with Gasteiger partial charge in [-0.3, -0.25) is 4.99 Å². The van der Waals surface area contributed by atoms with Crippen LogP contribution in [0.5, 0.6) is 0 Å². The molecule has 40 valence electrons. The van der Waals surface area contributed by atoms with Crippen LogP contribution in [-0.4, -0.2) is 25.3 Å². The Hall–Kier alpha value is -0.790. The second kappa shape index (κ2) is 3.40. The fraction of sp³-hybridized carbons (Fsp3) is 0.400. The van der Waals surface area contributed by atoms with Crippen LogP contribution in [0.25, 0.3) is 0 Å². The number of aliphatic imine (C=N–C) groups is 1. The largest absolute Gasteiger partial charge is 0.343 e. The van der Waals surface area contributed by atoms with Gasteiger partial charge in [-0.15, -0.1) is 0 Å². The smallest absolute Gasteiger partial charge is 0.0883 e. The summed E-state index contributed by atoms with van der Waals surface area (Å²) in [4.78, 5) is 5.51. The predicted molar refractivity (Wildman–Crippen MR) is 32.4 cm³/mol. The summed E-state index contributed by atoms with van der Waals surface area (Å²) >= 11 is 0. The molecule has 0 unspecified atom stereocenters. The molecule has 0 aliphatic rings. The molecule has 0 rings (SSSR count). The molecule has 0 aromatic heterocycles. The molecule has 0 N–H and O–H groups in total. The summed E-state index contributed by atoms with van der Waals surface area (Å²) in [6, 6.07) is 0. The summed E-state index contributed by atoms with van der Waals surface area (Å²) in [6.07, 6.45) is 3.38.